The second-order valence-corrected chi connectivity index (χ2v) is 5.85. The van der Waals surface area contributed by atoms with Crippen LogP contribution in [0, 0.1) is 0 Å². The molecule has 0 unspecified atom stereocenters. The van der Waals surface area contributed by atoms with E-state index >= 15 is 0 Å². The highest BCUT2D eigenvalue weighted by molar-refractivity contribution is 7.99. The first-order valence-electron chi connectivity index (χ1n) is 7.42. The van der Waals surface area contributed by atoms with Crippen LogP contribution >= 0.6 is 11.8 Å². The molecule has 0 fully saturated rings. The molecule has 0 saturated carbocycles. The van der Waals surface area contributed by atoms with Gasteiger partial charge in [-0.25, -0.2) is 9.78 Å². The Bertz CT molecular complexity index is 821. The molecular formula is C17H15N3O3S. The summed E-state index contributed by atoms with van der Waals surface area (Å²) in [6.07, 6.45) is 2.29. The molecule has 0 radical (unpaired) electrons. The zero-order valence-electron chi connectivity index (χ0n) is 13.0. The van der Waals surface area contributed by atoms with E-state index in [1.165, 1.54) is 11.8 Å². The van der Waals surface area contributed by atoms with E-state index in [9.17, 15) is 4.79 Å². The third-order valence-electron chi connectivity index (χ3n) is 3.09. The maximum absolute atomic E-state index is 12.3. The van der Waals surface area contributed by atoms with Crippen molar-refractivity contribution in [2.75, 3.05) is 0 Å². The minimum atomic E-state index is -0.474. The molecule has 0 saturated heterocycles. The topological polar surface area (TPSA) is 78.1 Å². The molecule has 122 valence electrons. The number of pyridine rings is 1. The monoisotopic (exact) mass is 341 g/mol. The molecule has 0 spiro atoms. The van der Waals surface area contributed by atoms with Gasteiger partial charge >= 0.3 is 5.97 Å². The van der Waals surface area contributed by atoms with Gasteiger partial charge < -0.3 is 9.15 Å². The first-order valence-corrected chi connectivity index (χ1v) is 8.24. The van der Waals surface area contributed by atoms with E-state index < -0.39 is 5.97 Å². The predicted octanol–water partition coefficient (Wildman–Crippen LogP) is 3.54. The fraction of sp³-hybridized carbons (Fsp3) is 0.176. The van der Waals surface area contributed by atoms with Crippen molar-refractivity contribution in [1.82, 2.24) is 15.2 Å². The Morgan fingerprint density at radius 2 is 1.92 bits per heavy atom. The number of nitrogens with zero attached hydrogens (tertiary/aromatic N) is 3. The molecule has 1 aromatic carbocycles. The van der Waals surface area contributed by atoms with Crippen LogP contribution in [0.15, 0.2) is 63.0 Å². The summed E-state index contributed by atoms with van der Waals surface area (Å²) in [5.41, 5.74) is 0.404. The summed E-state index contributed by atoms with van der Waals surface area (Å²) in [6, 6.07) is 13.1. The fourth-order valence-electron chi connectivity index (χ4n) is 1.92. The predicted molar refractivity (Wildman–Crippen MR) is 87.6 cm³/mol. The van der Waals surface area contributed by atoms with E-state index in [2.05, 4.69) is 15.2 Å². The van der Waals surface area contributed by atoms with Crippen molar-refractivity contribution in [2.45, 2.75) is 29.9 Å². The van der Waals surface area contributed by atoms with Crippen molar-refractivity contribution >= 4 is 17.7 Å². The molecule has 0 amide bonds. The number of aromatic nitrogens is 3. The van der Waals surface area contributed by atoms with Gasteiger partial charge in [-0.3, -0.25) is 0 Å². The summed E-state index contributed by atoms with van der Waals surface area (Å²) >= 11 is 1.41. The maximum atomic E-state index is 12.3. The summed E-state index contributed by atoms with van der Waals surface area (Å²) in [5.74, 6) is 0.321. The summed E-state index contributed by atoms with van der Waals surface area (Å²) in [4.78, 5) is 17.6. The second kappa shape index (κ2) is 7.74. The molecule has 0 bridgehead atoms. The second-order valence-electron chi connectivity index (χ2n) is 4.79. The average molecular weight is 341 g/mol. The van der Waals surface area contributed by atoms with Gasteiger partial charge in [0.25, 0.3) is 5.89 Å². The first-order chi connectivity index (χ1) is 11.8. The van der Waals surface area contributed by atoms with Gasteiger partial charge in [-0.1, -0.05) is 36.9 Å². The van der Waals surface area contributed by atoms with Crippen molar-refractivity contribution in [3.63, 3.8) is 0 Å². The molecule has 2 aromatic heterocycles. The third kappa shape index (κ3) is 3.99. The van der Waals surface area contributed by atoms with Gasteiger partial charge in [0.05, 0.1) is 5.56 Å². The quantitative estimate of drug-likeness (QED) is 0.635. The Hall–Kier alpha value is -2.67. The van der Waals surface area contributed by atoms with E-state index in [-0.39, 0.29) is 12.5 Å². The number of esters is 1. The Kier molecular flexibility index (Phi) is 5.22. The lowest BCUT2D eigenvalue weighted by Crippen LogP contribution is -2.07. The minimum Gasteiger partial charge on any atom is -0.452 e. The van der Waals surface area contributed by atoms with Gasteiger partial charge in [0.15, 0.2) is 6.61 Å². The number of carbonyl (C=O) groups is 1. The minimum absolute atomic E-state index is 0.0594. The van der Waals surface area contributed by atoms with Crippen LogP contribution in [0.3, 0.4) is 0 Å². The molecule has 6 nitrogen and oxygen atoms in total. The van der Waals surface area contributed by atoms with Gasteiger partial charge in [0.1, 0.15) is 5.03 Å². The van der Waals surface area contributed by atoms with E-state index in [1.807, 2.05) is 37.3 Å². The lowest BCUT2D eigenvalue weighted by molar-refractivity contribution is 0.0431. The molecule has 0 N–H and O–H groups in total. The number of benzene rings is 1. The van der Waals surface area contributed by atoms with Gasteiger partial charge in [0, 0.05) is 17.5 Å². The molecular weight excluding hydrogens is 326 g/mol. The van der Waals surface area contributed by atoms with E-state index in [4.69, 9.17) is 9.15 Å². The van der Waals surface area contributed by atoms with Crippen LogP contribution < -0.4 is 0 Å². The Morgan fingerprint density at radius 3 is 2.67 bits per heavy atom. The van der Waals surface area contributed by atoms with Gasteiger partial charge in [-0.05, 0) is 24.3 Å². The number of rotatable bonds is 6. The maximum Gasteiger partial charge on any atom is 0.341 e. The highest BCUT2D eigenvalue weighted by atomic mass is 32.2. The van der Waals surface area contributed by atoms with Crippen LogP contribution in [0.1, 0.15) is 29.1 Å². The van der Waals surface area contributed by atoms with Gasteiger partial charge in [-0.15, -0.1) is 10.2 Å². The number of hydrogen-bond acceptors (Lipinski definition) is 7. The molecule has 0 aliphatic heterocycles. The smallest absolute Gasteiger partial charge is 0.341 e. The Labute approximate surface area is 143 Å². The van der Waals surface area contributed by atoms with Crippen molar-refractivity contribution in [3.05, 3.63) is 66.0 Å². The largest absolute Gasteiger partial charge is 0.452 e. The highest BCUT2D eigenvalue weighted by Gasteiger charge is 2.16. The van der Waals surface area contributed by atoms with Crippen LogP contribution in [-0.2, 0) is 17.8 Å². The first kappa shape index (κ1) is 16.2. The SMILES string of the molecule is CCc1nnc(COC(=O)c2cccnc2Sc2ccccc2)o1. The lowest BCUT2D eigenvalue weighted by atomic mass is 10.3. The summed E-state index contributed by atoms with van der Waals surface area (Å²) in [5, 5.41) is 8.25. The number of carbonyl (C=O) groups excluding carboxylic acids is 1. The fourth-order valence-corrected chi connectivity index (χ4v) is 2.81. The average Bonchev–Trinajstić information content (AvgIpc) is 3.09. The zero-order valence-corrected chi connectivity index (χ0v) is 13.8. The normalized spacial score (nSPS) is 10.5. The van der Waals surface area contributed by atoms with Crippen molar-refractivity contribution in [1.29, 1.82) is 0 Å². The van der Waals surface area contributed by atoms with Crippen LogP contribution in [0.5, 0.6) is 0 Å². The van der Waals surface area contributed by atoms with E-state index in [0.29, 0.717) is 22.9 Å². The Morgan fingerprint density at radius 1 is 1.12 bits per heavy atom. The van der Waals surface area contributed by atoms with E-state index in [0.717, 1.165) is 4.90 Å². The van der Waals surface area contributed by atoms with Crippen LogP contribution in [-0.4, -0.2) is 21.2 Å². The summed E-state index contributed by atoms with van der Waals surface area (Å²) in [7, 11) is 0. The van der Waals surface area contributed by atoms with Crippen LogP contribution in [0.2, 0.25) is 0 Å². The number of aryl methyl sites for hydroxylation is 1. The molecule has 0 aliphatic rings. The van der Waals surface area contributed by atoms with Gasteiger partial charge in [-0.2, -0.15) is 0 Å². The Balaban J connectivity index is 1.70. The van der Waals surface area contributed by atoms with E-state index in [1.54, 1.807) is 18.3 Å². The molecule has 24 heavy (non-hydrogen) atoms. The molecule has 0 atom stereocenters. The molecule has 7 heteroatoms. The van der Waals surface area contributed by atoms with Gasteiger partial charge in [0.2, 0.25) is 5.89 Å². The lowest BCUT2D eigenvalue weighted by Gasteiger charge is -2.07. The van der Waals surface area contributed by atoms with Crippen molar-refractivity contribution in [3.8, 4) is 0 Å². The molecule has 2 heterocycles. The summed E-state index contributed by atoms with van der Waals surface area (Å²) in [6.45, 7) is 1.85. The molecule has 0 aliphatic carbocycles. The van der Waals surface area contributed by atoms with Crippen LogP contribution in [0.4, 0.5) is 0 Å². The number of ether oxygens (including phenoxy) is 1. The van der Waals surface area contributed by atoms with Crippen molar-refractivity contribution in [2.24, 2.45) is 0 Å². The van der Waals surface area contributed by atoms with Crippen molar-refractivity contribution < 1.29 is 13.9 Å². The third-order valence-corrected chi connectivity index (χ3v) is 4.11. The van der Waals surface area contributed by atoms with Crippen LogP contribution in [0.25, 0.3) is 0 Å². The zero-order chi connectivity index (χ0) is 16.8. The molecule has 3 aromatic rings. The standard InChI is InChI=1S/C17H15N3O3S/c1-2-14-19-20-15(23-14)11-22-17(21)13-9-6-10-18-16(13)24-12-7-4-3-5-8-12/h3-10H,2,11H2,1H3. The summed E-state index contributed by atoms with van der Waals surface area (Å²) < 4.78 is 10.6. The molecule has 3 rings (SSSR count). The number of hydrogen-bond donors (Lipinski definition) is 0. The highest BCUT2D eigenvalue weighted by Crippen LogP contribution is 2.28.